The van der Waals surface area contributed by atoms with E-state index in [1.807, 2.05) is 60.7 Å². The molecule has 0 N–H and O–H groups in total. The third kappa shape index (κ3) is 3.52. The first-order chi connectivity index (χ1) is 13.0. The predicted molar refractivity (Wildman–Crippen MR) is 101 cm³/mol. The van der Waals surface area contributed by atoms with E-state index in [1.165, 1.54) is 0 Å². The van der Waals surface area contributed by atoms with Gasteiger partial charge in [0.1, 0.15) is 11.5 Å². The van der Waals surface area contributed by atoms with Crippen LogP contribution in [-0.2, 0) is 6.54 Å². The number of hydrogen-bond acceptors (Lipinski definition) is 4. The van der Waals surface area contributed by atoms with Crippen molar-refractivity contribution in [2.24, 2.45) is 0 Å². The first-order valence-corrected chi connectivity index (χ1v) is 9.35. The fourth-order valence-electron chi connectivity index (χ4n) is 3.84. The lowest BCUT2D eigenvalue weighted by atomic mass is 10.1. The Morgan fingerprint density at radius 2 is 2.07 bits per heavy atom. The summed E-state index contributed by atoms with van der Waals surface area (Å²) in [6, 6.07) is 11.8. The monoisotopic (exact) mass is 364 g/mol. The Balaban J connectivity index is 1.56. The molecule has 3 aromatic rings. The molecular weight excluding hydrogens is 340 g/mol. The van der Waals surface area contributed by atoms with Crippen LogP contribution in [0.5, 0.6) is 0 Å². The molecule has 3 heterocycles. The van der Waals surface area contributed by atoms with Gasteiger partial charge in [-0.25, -0.2) is 0 Å². The summed E-state index contributed by atoms with van der Waals surface area (Å²) in [6.45, 7) is 7.32. The molecule has 0 bridgehead atoms. The van der Waals surface area contributed by atoms with Gasteiger partial charge in [0.05, 0.1) is 18.3 Å². The molecule has 0 aliphatic carbocycles. The van der Waals surface area contributed by atoms with E-state index in [0.29, 0.717) is 12.1 Å². The molecule has 1 aliphatic heterocycles. The third-order valence-electron chi connectivity index (χ3n) is 5.11. The highest BCUT2D eigenvalue weighted by molar-refractivity contribution is 5.94. The summed E-state index contributed by atoms with van der Waals surface area (Å²) in [7, 11) is 0. The molecule has 1 fully saturated rings. The molecule has 140 valence electrons. The van der Waals surface area contributed by atoms with Gasteiger partial charge < -0.3 is 9.42 Å². The average Bonchev–Trinajstić information content (AvgIpc) is 3.35. The maximum Gasteiger partial charge on any atom is 0.254 e. The minimum Gasteiger partial charge on any atom is -0.361 e. The van der Waals surface area contributed by atoms with Crippen LogP contribution in [-0.4, -0.2) is 32.3 Å². The standard InChI is InChI=1S/C21H24N4O2/c1-14-10-15(2)25(22-14)13-17-6-4-7-18(12-17)21(26)24-9-5-8-20(24)19-11-16(3)27-23-19/h4,6-7,10-12,20H,5,8-9,13H2,1-3H3/t20-/m1/s1. The van der Waals surface area contributed by atoms with Crippen LogP contribution in [0.4, 0.5) is 0 Å². The first kappa shape index (κ1) is 17.5. The molecule has 6 nitrogen and oxygen atoms in total. The van der Waals surface area contributed by atoms with Gasteiger partial charge in [0.15, 0.2) is 0 Å². The fraction of sp³-hybridized carbons (Fsp3) is 0.381. The largest absolute Gasteiger partial charge is 0.361 e. The topological polar surface area (TPSA) is 64.2 Å². The summed E-state index contributed by atoms with van der Waals surface area (Å²) in [6.07, 6.45) is 1.90. The smallest absolute Gasteiger partial charge is 0.254 e. The minimum atomic E-state index is -0.00499. The second-order valence-electron chi connectivity index (χ2n) is 7.30. The van der Waals surface area contributed by atoms with Crippen molar-refractivity contribution in [3.8, 4) is 0 Å². The van der Waals surface area contributed by atoms with Crippen molar-refractivity contribution in [2.75, 3.05) is 6.54 Å². The van der Waals surface area contributed by atoms with Crippen LogP contribution in [0.25, 0.3) is 0 Å². The van der Waals surface area contributed by atoms with Crippen molar-refractivity contribution in [3.63, 3.8) is 0 Å². The van der Waals surface area contributed by atoms with Crippen molar-refractivity contribution >= 4 is 5.91 Å². The van der Waals surface area contributed by atoms with Crippen molar-refractivity contribution < 1.29 is 9.32 Å². The van der Waals surface area contributed by atoms with Gasteiger partial charge in [0.2, 0.25) is 0 Å². The van der Waals surface area contributed by atoms with E-state index in [9.17, 15) is 4.79 Å². The van der Waals surface area contributed by atoms with E-state index in [2.05, 4.69) is 16.3 Å². The number of aryl methyl sites for hydroxylation is 3. The summed E-state index contributed by atoms with van der Waals surface area (Å²) in [5.74, 6) is 0.824. The zero-order valence-corrected chi connectivity index (χ0v) is 16.0. The van der Waals surface area contributed by atoms with Crippen LogP contribution in [0, 0.1) is 20.8 Å². The minimum absolute atomic E-state index is 0.00499. The number of rotatable bonds is 4. The molecule has 6 heteroatoms. The average molecular weight is 364 g/mol. The van der Waals surface area contributed by atoms with E-state index < -0.39 is 0 Å². The van der Waals surface area contributed by atoms with Crippen molar-refractivity contribution in [1.82, 2.24) is 19.8 Å². The summed E-state index contributed by atoms with van der Waals surface area (Å²) < 4.78 is 7.18. The van der Waals surface area contributed by atoms with Crippen LogP contribution < -0.4 is 0 Å². The summed E-state index contributed by atoms with van der Waals surface area (Å²) >= 11 is 0. The number of hydrogen-bond donors (Lipinski definition) is 0. The second-order valence-corrected chi connectivity index (χ2v) is 7.30. The van der Waals surface area contributed by atoms with E-state index in [4.69, 9.17) is 4.52 Å². The maximum absolute atomic E-state index is 13.2. The lowest BCUT2D eigenvalue weighted by molar-refractivity contribution is 0.0730. The zero-order valence-electron chi connectivity index (χ0n) is 16.0. The molecule has 0 unspecified atom stereocenters. The van der Waals surface area contributed by atoms with Crippen LogP contribution in [0.1, 0.15) is 57.6 Å². The van der Waals surface area contributed by atoms with Gasteiger partial charge in [-0.2, -0.15) is 5.10 Å². The first-order valence-electron chi connectivity index (χ1n) is 9.35. The summed E-state index contributed by atoms with van der Waals surface area (Å²) in [4.78, 5) is 15.1. The van der Waals surface area contributed by atoms with Gasteiger partial charge in [0.25, 0.3) is 5.91 Å². The number of nitrogens with zero attached hydrogens (tertiary/aromatic N) is 4. The lowest BCUT2D eigenvalue weighted by Crippen LogP contribution is -2.30. The second kappa shape index (κ2) is 7.02. The highest BCUT2D eigenvalue weighted by Crippen LogP contribution is 2.32. The molecule has 1 aliphatic rings. The molecular formula is C21H24N4O2. The SMILES string of the molecule is Cc1cc(C)n(Cc2cccc(C(=O)N3CCC[C@@H]3c3cc(C)on3)c2)n1. The van der Waals surface area contributed by atoms with Crippen molar-refractivity contribution in [3.05, 3.63) is 70.4 Å². The van der Waals surface area contributed by atoms with E-state index in [-0.39, 0.29) is 11.9 Å². The van der Waals surface area contributed by atoms with Crippen LogP contribution in [0.2, 0.25) is 0 Å². The normalized spacial score (nSPS) is 16.9. The summed E-state index contributed by atoms with van der Waals surface area (Å²) in [5, 5.41) is 8.64. The number of benzene rings is 1. The quantitative estimate of drug-likeness (QED) is 0.706. The molecule has 27 heavy (non-hydrogen) atoms. The molecule has 0 saturated carbocycles. The maximum atomic E-state index is 13.2. The molecule has 1 saturated heterocycles. The fourth-order valence-corrected chi connectivity index (χ4v) is 3.84. The predicted octanol–water partition coefficient (Wildman–Crippen LogP) is 3.82. The number of carbonyl (C=O) groups excluding carboxylic acids is 1. The van der Waals surface area contributed by atoms with Crippen LogP contribution in [0.15, 0.2) is 40.9 Å². The van der Waals surface area contributed by atoms with E-state index in [1.54, 1.807) is 0 Å². The third-order valence-corrected chi connectivity index (χ3v) is 5.11. The Hall–Kier alpha value is -2.89. The lowest BCUT2D eigenvalue weighted by Gasteiger charge is -2.23. The Morgan fingerprint density at radius 3 is 2.78 bits per heavy atom. The molecule has 1 atom stereocenters. The molecule has 4 rings (SSSR count). The molecule has 2 aromatic heterocycles. The van der Waals surface area contributed by atoms with E-state index in [0.717, 1.165) is 47.8 Å². The van der Waals surface area contributed by atoms with Gasteiger partial charge in [-0.1, -0.05) is 17.3 Å². The number of aromatic nitrogens is 3. The Morgan fingerprint density at radius 1 is 1.22 bits per heavy atom. The van der Waals surface area contributed by atoms with E-state index >= 15 is 0 Å². The summed E-state index contributed by atoms with van der Waals surface area (Å²) in [5.41, 5.74) is 4.74. The number of likely N-dealkylation sites (tertiary alicyclic amines) is 1. The Kier molecular flexibility index (Phi) is 4.56. The Labute approximate surface area is 158 Å². The van der Waals surface area contributed by atoms with Gasteiger partial charge in [-0.3, -0.25) is 9.48 Å². The highest BCUT2D eigenvalue weighted by atomic mass is 16.5. The van der Waals surface area contributed by atoms with Gasteiger partial charge in [-0.15, -0.1) is 0 Å². The molecule has 1 aromatic carbocycles. The zero-order chi connectivity index (χ0) is 19.0. The molecule has 0 spiro atoms. The Bertz CT molecular complexity index is 972. The van der Waals surface area contributed by atoms with Crippen molar-refractivity contribution in [1.29, 1.82) is 0 Å². The van der Waals surface area contributed by atoms with Gasteiger partial charge in [-0.05, 0) is 57.4 Å². The highest BCUT2D eigenvalue weighted by Gasteiger charge is 2.32. The van der Waals surface area contributed by atoms with Crippen LogP contribution in [0.3, 0.4) is 0 Å². The van der Waals surface area contributed by atoms with Crippen LogP contribution >= 0.6 is 0 Å². The molecule has 0 radical (unpaired) electrons. The number of carbonyl (C=O) groups is 1. The number of amides is 1. The van der Waals surface area contributed by atoms with Gasteiger partial charge in [0, 0.05) is 23.9 Å². The molecule has 1 amide bonds. The van der Waals surface area contributed by atoms with Gasteiger partial charge >= 0.3 is 0 Å². The van der Waals surface area contributed by atoms with Crippen molar-refractivity contribution in [2.45, 2.75) is 46.2 Å².